The highest BCUT2D eigenvalue weighted by Crippen LogP contribution is 2.27. The third kappa shape index (κ3) is 3.54. The number of carbonyl (C=O) groups is 1. The third-order valence-electron chi connectivity index (χ3n) is 2.65. The summed E-state index contributed by atoms with van der Waals surface area (Å²) >= 11 is 3.24. The van der Waals surface area contributed by atoms with Gasteiger partial charge < -0.3 is 10.6 Å². The number of rotatable bonds is 4. The van der Waals surface area contributed by atoms with Gasteiger partial charge in [-0.3, -0.25) is 14.9 Å². The first kappa shape index (κ1) is 14.9. The number of aromatic nitrogens is 1. The van der Waals surface area contributed by atoms with Crippen LogP contribution in [0.5, 0.6) is 0 Å². The maximum atomic E-state index is 12.1. The Morgan fingerprint density at radius 2 is 2.10 bits per heavy atom. The van der Waals surface area contributed by atoms with Crippen molar-refractivity contribution in [1.29, 1.82) is 0 Å². The van der Waals surface area contributed by atoms with Crippen molar-refractivity contribution in [1.82, 2.24) is 4.98 Å². The summed E-state index contributed by atoms with van der Waals surface area (Å²) in [6.45, 7) is 0. The molecule has 0 fully saturated rings. The van der Waals surface area contributed by atoms with Gasteiger partial charge in [-0.25, -0.2) is 4.98 Å². The zero-order valence-corrected chi connectivity index (χ0v) is 12.5. The number of nitro groups is 1. The van der Waals surface area contributed by atoms with E-state index in [2.05, 4.69) is 31.5 Å². The monoisotopic (exact) mass is 350 g/mol. The summed E-state index contributed by atoms with van der Waals surface area (Å²) in [6, 6.07) is 9.10. The smallest absolute Gasteiger partial charge is 0.274 e. The Morgan fingerprint density at radius 3 is 2.76 bits per heavy atom. The standard InChI is InChI=1S/C13H11BrN4O3/c1-15-12-4-2-3-10(16-12)13(19)17-11-7-8(18(20)21)5-6-9(11)14/h2-7H,1H3,(H,15,16)(H,17,19). The van der Waals surface area contributed by atoms with E-state index in [0.29, 0.717) is 16.0 Å². The van der Waals surface area contributed by atoms with Crippen molar-refractivity contribution in [2.45, 2.75) is 0 Å². The summed E-state index contributed by atoms with van der Waals surface area (Å²) in [6.07, 6.45) is 0. The van der Waals surface area contributed by atoms with Crippen molar-refractivity contribution in [3.63, 3.8) is 0 Å². The predicted octanol–water partition coefficient (Wildman–Crippen LogP) is 3.05. The van der Waals surface area contributed by atoms with Crippen molar-refractivity contribution in [2.24, 2.45) is 0 Å². The summed E-state index contributed by atoms with van der Waals surface area (Å²) in [7, 11) is 1.70. The second-order valence-electron chi connectivity index (χ2n) is 4.03. The molecular weight excluding hydrogens is 340 g/mol. The first-order chi connectivity index (χ1) is 10.0. The van der Waals surface area contributed by atoms with Crippen LogP contribution in [0.25, 0.3) is 0 Å². The van der Waals surface area contributed by atoms with Gasteiger partial charge in [-0.2, -0.15) is 0 Å². The number of nitro benzene ring substituents is 1. The minimum absolute atomic E-state index is 0.106. The van der Waals surface area contributed by atoms with Crippen molar-refractivity contribution >= 4 is 39.0 Å². The van der Waals surface area contributed by atoms with Crippen molar-refractivity contribution < 1.29 is 9.72 Å². The zero-order chi connectivity index (χ0) is 15.4. The molecule has 0 aliphatic carbocycles. The number of hydrogen-bond acceptors (Lipinski definition) is 5. The number of halogens is 1. The lowest BCUT2D eigenvalue weighted by atomic mass is 10.2. The van der Waals surface area contributed by atoms with Gasteiger partial charge in [0, 0.05) is 23.7 Å². The van der Waals surface area contributed by atoms with Crippen molar-refractivity contribution in [3.05, 3.63) is 56.7 Å². The second kappa shape index (κ2) is 6.31. The number of amides is 1. The van der Waals surface area contributed by atoms with E-state index < -0.39 is 10.8 Å². The molecule has 2 N–H and O–H groups in total. The van der Waals surface area contributed by atoms with E-state index in [4.69, 9.17) is 0 Å². The minimum Gasteiger partial charge on any atom is -0.373 e. The molecule has 1 heterocycles. The largest absolute Gasteiger partial charge is 0.373 e. The molecule has 1 amide bonds. The van der Waals surface area contributed by atoms with E-state index in [1.54, 1.807) is 25.2 Å². The average Bonchev–Trinajstić information content (AvgIpc) is 2.49. The number of carbonyl (C=O) groups excluding carboxylic acids is 1. The maximum Gasteiger partial charge on any atom is 0.274 e. The molecule has 2 aromatic rings. The van der Waals surface area contributed by atoms with E-state index in [1.165, 1.54) is 18.2 Å². The van der Waals surface area contributed by atoms with Gasteiger partial charge in [0.05, 0.1) is 10.6 Å². The number of benzene rings is 1. The zero-order valence-electron chi connectivity index (χ0n) is 11.0. The molecule has 108 valence electrons. The lowest BCUT2D eigenvalue weighted by molar-refractivity contribution is -0.384. The highest BCUT2D eigenvalue weighted by molar-refractivity contribution is 9.10. The van der Waals surface area contributed by atoms with Crippen LogP contribution < -0.4 is 10.6 Å². The molecule has 7 nitrogen and oxygen atoms in total. The summed E-state index contributed by atoms with van der Waals surface area (Å²) in [5, 5.41) is 16.2. The molecule has 0 spiro atoms. The topological polar surface area (TPSA) is 97.2 Å². The number of anilines is 2. The lowest BCUT2D eigenvalue weighted by Gasteiger charge is -2.07. The first-order valence-electron chi connectivity index (χ1n) is 5.91. The van der Waals surface area contributed by atoms with Crippen LogP contribution in [0.4, 0.5) is 17.2 Å². The molecule has 1 aromatic heterocycles. The number of pyridine rings is 1. The molecule has 0 aliphatic rings. The van der Waals surface area contributed by atoms with Crippen LogP contribution in [0.2, 0.25) is 0 Å². The van der Waals surface area contributed by atoms with Crippen molar-refractivity contribution in [2.75, 3.05) is 17.7 Å². The Morgan fingerprint density at radius 1 is 1.33 bits per heavy atom. The van der Waals surface area contributed by atoms with Gasteiger partial charge in [0.2, 0.25) is 0 Å². The van der Waals surface area contributed by atoms with Crippen LogP contribution in [0.3, 0.4) is 0 Å². The van der Waals surface area contributed by atoms with Gasteiger partial charge in [0.1, 0.15) is 11.5 Å². The fourth-order valence-corrected chi connectivity index (χ4v) is 1.96. The Labute approximate surface area is 128 Å². The summed E-state index contributed by atoms with van der Waals surface area (Å²) in [4.78, 5) is 26.5. The van der Waals surface area contributed by atoms with E-state index in [0.717, 1.165) is 0 Å². The van der Waals surface area contributed by atoms with Gasteiger partial charge in [-0.1, -0.05) is 6.07 Å². The molecule has 0 aliphatic heterocycles. The van der Waals surface area contributed by atoms with Crippen molar-refractivity contribution in [3.8, 4) is 0 Å². The lowest BCUT2D eigenvalue weighted by Crippen LogP contribution is -2.14. The van der Waals surface area contributed by atoms with Gasteiger partial charge in [-0.15, -0.1) is 0 Å². The summed E-state index contributed by atoms with van der Waals surface area (Å²) in [5.41, 5.74) is 0.413. The highest BCUT2D eigenvalue weighted by atomic mass is 79.9. The molecule has 0 saturated carbocycles. The average molecular weight is 351 g/mol. The molecule has 0 unspecified atom stereocenters. The normalized spacial score (nSPS) is 10.0. The van der Waals surface area contributed by atoms with Crippen LogP contribution in [-0.4, -0.2) is 22.9 Å². The Bertz CT molecular complexity index is 706. The van der Waals surface area contributed by atoms with Crippen LogP contribution in [0.15, 0.2) is 40.9 Å². The van der Waals surface area contributed by atoms with Crippen LogP contribution in [-0.2, 0) is 0 Å². The summed E-state index contributed by atoms with van der Waals surface area (Å²) < 4.78 is 0.547. The molecule has 0 saturated heterocycles. The number of non-ortho nitro benzene ring substituents is 1. The maximum absolute atomic E-state index is 12.1. The van der Waals surface area contributed by atoms with E-state index in [-0.39, 0.29) is 11.4 Å². The molecule has 21 heavy (non-hydrogen) atoms. The predicted molar refractivity (Wildman–Crippen MR) is 82.5 cm³/mol. The van der Waals surface area contributed by atoms with Gasteiger partial charge in [-0.05, 0) is 34.1 Å². The van der Waals surface area contributed by atoms with Gasteiger partial charge in [0.15, 0.2) is 0 Å². The van der Waals surface area contributed by atoms with Crippen LogP contribution in [0.1, 0.15) is 10.5 Å². The molecular formula is C13H11BrN4O3. The Balaban J connectivity index is 2.26. The fraction of sp³-hybridized carbons (Fsp3) is 0.0769. The first-order valence-corrected chi connectivity index (χ1v) is 6.70. The molecule has 8 heteroatoms. The molecule has 1 aromatic carbocycles. The van der Waals surface area contributed by atoms with Crippen LogP contribution in [0, 0.1) is 10.1 Å². The van der Waals surface area contributed by atoms with E-state index in [9.17, 15) is 14.9 Å². The second-order valence-corrected chi connectivity index (χ2v) is 4.89. The molecule has 0 radical (unpaired) electrons. The summed E-state index contributed by atoms with van der Waals surface area (Å²) in [5.74, 6) is 0.106. The highest BCUT2D eigenvalue weighted by Gasteiger charge is 2.14. The number of nitrogens with one attached hydrogen (secondary N) is 2. The van der Waals surface area contributed by atoms with Gasteiger partial charge in [0.25, 0.3) is 11.6 Å². The fourth-order valence-electron chi connectivity index (χ4n) is 1.61. The SMILES string of the molecule is CNc1cccc(C(=O)Nc2cc([N+](=O)[O-])ccc2Br)n1. The Kier molecular flexibility index (Phi) is 4.49. The molecule has 2 rings (SSSR count). The number of nitrogens with zero attached hydrogens (tertiary/aromatic N) is 2. The van der Waals surface area contributed by atoms with Gasteiger partial charge >= 0.3 is 0 Å². The van der Waals surface area contributed by atoms with E-state index >= 15 is 0 Å². The quantitative estimate of drug-likeness (QED) is 0.652. The third-order valence-corrected chi connectivity index (χ3v) is 3.34. The Hall–Kier alpha value is -2.48. The minimum atomic E-state index is -0.526. The molecule has 0 atom stereocenters. The van der Waals surface area contributed by atoms with Crippen LogP contribution >= 0.6 is 15.9 Å². The molecule has 0 bridgehead atoms. The van der Waals surface area contributed by atoms with E-state index in [1.807, 2.05) is 0 Å². The number of hydrogen-bond donors (Lipinski definition) is 2.